The van der Waals surface area contributed by atoms with Crippen LogP contribution in [-0.4, -0.2) is 47.7 Å². The first-order chi connectivity index (χ1) is 15.5. The molecule has 2 amide bonds. The van der Waals surface area contributed by atoms with Gasteiger partial charge in [-0.25, -0.2) is 14.5 Å². The molecular weight excluding hydrogens is 426 g/mol. The third-order valence-corrected chi connectivity index (χ3v) is 7.05. The van der Waals surface area contributed by atoms with Crippen molar-refractivity contribution in [1.29, 1.82) is 0 Å². The molecule has 1 N–H and O–H groups in total. The van der Waals surface area contributed by atoms with Crippen LogP contribution >= 0.6 is 0 Å². The average molecular weight is 460 g/mol. The number of allylic oxidation sites excluding steroid dienone is 2. The van der Waals surface area contributed by atoms with Gasteiger partial charge in [-0.2, -0.15) is 0 Å². The van der Waals surface area contributed by atoms with E-state index in [4.69, 9.17) is 14.2 Å². The zero-order chi connectivity index (χ0) is 24.6. The zero-order valence-electron chi connectivity index (χ0n) is 20.4. The number of hydrogen-bond acceptors (Lipinski definition) is 7. The molecular formula is C25H33NO7. The van der Waals surface area contributed by atoms with Crippen molar-refractivity contribution in [1.82, 2.24) is 4.90 Å². The van der Waals surface area contributed by atoms with Crippen LogP contribution in [0.4, 0.5) is 4.79 Å². The molecule has 1 aromatic rings. The Hall–Kier alpha value is -3.03. The van der Waals surface area contributed by atoms with Gasteiger partial charge in [-0.3, -0.25) is 4.79 Å². The SMILES string of the molecule is COc1c(C)c2c(c(O)c1C/C=C(\C)[C@@H](C)[C@H](C)C(=O)N1C(=O)OC[C@H]1C(C)C)C(=O)OC2. The predicted molar refractivity (Wildman–Crippen MR) is 121 cm³/mol. The maximum absolute atomic E-state index is 13.1. The van der Waals surface area contributed by atoms with Gasteiger partial charge in [-0.1, -0.05) is 39.3 Å². The second-order valence-corrected chi connectivity index (χ2v) is 9.24. The molecule has 0 radical (unpaired) electrons. The molecule has 2 heterocycles. The fraction of sp³-hybridized carbons (Fsp3) is 0.560. The summed E-state index contributed by atoms with van der Waals surface area (Å²) < 4.78 is 15.8. The number of imide groups is 1. The van der Waals surface area contributed by atoms with Gasteiger partial charge in [0.05, 0.1) is 13.2 Å². The quantitative estimate of drug-likeness (QED) is 0.483. The highest BCUT2D eigenvalue weighted by Gasteiger charge is 2.42. The Morgan fingerprint density at radius 1 is 1.21 bits per heavy atom. The van der Waals surface area contributed by atoms with Crippen molar-refractivity contribution in [3.05, 3.63) is 33.9 Å². The Bertz CT molecular complexity index is 1010. The summed E-state index contributed by atoms with van der Waals surface area (Å²) in [6, 6.07) is -0.265. The molecule has 1 saturated heterocycles. The number of rotatable bonds is 7. The van der Waals surface area contributed by atoms with Crippen molar-refractivity contribution in [2.24, 2.45) is 17.8 Å². The predicted octanol–water partition coefficient (Wildman–Crippen LogP) is 4.14. The first-order valence-electron chi connectivity index (χ1n) is 11.3. The summed E-state index contributed by atoms with van der Waals surface area (Å²) in [6.45, 7) is 11.7. The van der Waals surface area contributed by atoms with Crippen molar-refractivity contribution < 1.29 is 33.7 Å². The third-order valence-electron chi connectivity index (χ3n) is 7.05. The molecule has 0 aliphatic carbocycles. The minimum atomic E-state index is -0.588. The lowest BCUT2D eigenvalue weighted by molar-refractivity contribution is -0.134. The molecule has 3 rings (SSSR count). The fourth-order valence-corrected chi connectivity index (χ4v) is 4.48. The van der Waals surface area contributed by atoms with Crippen LogP contribution in [0, 0.1) is 24.7 Å². The van der Waals surface area contributed by atoms with E-state index < -0.39 is 18.0 Å². The first kappa shape index (κ1) is 24.6. The van der Waals surface area contributed by atoms with E-state index in [9.17, 15) is 19.5 Å². The number of methoxy groups -OCH3 is 1. The molecule has 2 aliphatic rings. The van der Waals surface area contributed by atoms with Crippen LogP contribution in [0.15, 0.2) is 11.6 Å². The number of amides is 2. The number of cyclic esters (lactones) is 2. The average Bonchev–Trinajstić information content (AvgIpc) is 3.36. The van der Waals surface area contributed by atoms with E-state index in [2.05, 4.69) is 0 Å². The van der Waals surface area contributed by atoms with Gasteiger partial charge in [-0.15, -0.1) is 0 Å². The molecule has 2 aliphatic heterocycles. The standard InChI is InChI=1S/C25H33NO7/c1-12(2)19-11-33-25(30)26(19)23(28)15(5)14(4)13(3)8-9-17-21(27)20-18(10-32-24(20)29)16(6)22(17)31-7/h8,12,14-15,19,27H,9-11H2,1-7H3/b13-8+/t14-,15+,19+/m1/s1. The highest BCUT2D eigenvalue weighted by molar-refractivity contribution is 5.98. The number of ether oxygens (including phenoxy) is 3. The highest BCUT2D eigenvalue weighted by Crippen LogP contribution is 2.42. The minimum Gasteiger partial charge on any atom is -0.507 e. The van der Waals surface area contributed by atoms with Gasteiger partial charge < -0.3 is 19.3 Å². The van der Waals surface area contributed by atoms with E-state index in [-0.39, 0.29) is 48.3 Å². The molecule has 180 valence electrons. The molecule has 0 aromatic heterocycles. The van der Waals surface area contributed by atoms with Gasteiger partial charge in [0.25, 0.3) is 0 Å². The Labute approximate surface area is 194 Å². The second-order valence-electron chi connectivity index (χ2n) is 9.24. The zero-order valence-corrected chi connectivity index (χ0v) is 20.4. The van der Waals surface area contributed by atoms with Crippen molar-refractivity contribution in [2.45, 2.75) is 60.6 Å². The summed E-state index contributed by atoms with van der Waals surface area (Å²) in [4.78, 5) is 38.7. The second kappa shape index (κ2) is 9.45. The topological polar surface area (TPSA) is 102 Å². The van der Waals surface area contributed by atoms with Crippen LogP contribution in [0.2, 0.25) is 0 Å². The molecule has 33 heavy (non-hydrogen) atoms. The van der Waals surface area contributed by atoms with Gasteiger partial charge >= 0.3 is 12.1 Å². The number of phenolic OH excluding ortho intramolecular Hbond substituents is 1. The molecule has 1 aromatic carbocycles. The van der Waals surface area contributed by atoms with Crippen molar-refractivity contribution in [3.8, 4) is 11.5 Å². The van der Waals surface area contributed by atoms with Crippen molar-refractivity contribution >= 4 is 18.0 Å². The normalized spacial score (nSPS) is 19.9. The fourth-order valence-electron chi connectivity index (χ4n) is 4.48. The third kappa shape index (κ3) is 4.30. The molecule has 3 atom stereocenters. The van der Waals surface area contributed by atoms with E-state index in [1.807, 2.05) is 40.7 Å². The van der Waals surface area contributed by atoms with E-state index in [1.165, 1.54) is 12.0 Å². The Morgan fingerprint density at radius 3 is 2.48 bits per heavy atom. The number of aromatic hydroxyl groups is 1. The monoisotopic (exact) mass is 459 g/mol. The summed E-state index contributed by atoms with van der Waals surface area (Å²) in [5.74, 6) is -0.911. The summed E-state index contributed by atoms with van der Waals surface area (Å²) in [5.41, 5.74) is 3.02. The lowest BCUT2D eigenvalue weighted by Crippen LogP contribution is -2.45. The molecule has 8 nitrogen and oxygen atoms in total. The van der Waals surface area contributed by atoms with Gasteiger partial charge in [0.1, 0.15) is 30.3 Å². The molecule has 0 spiro atoms. The highest BCUT2D eigenvalue weighted by atomic mass is 16.6. The van der Waals surface area contributed by atoms with E-state index in [0.29, 0.717) is 23.3 Å². The lowest BCUT2D eigenvalue weighted by atomic mass is 9.86. The number of phenols is 1. The van der Waals surface area contributed by atoms with Crippen LogP contribution in [0.3, 0.4) is 0 Å². The van der Waals surface area contributed by atoms with E-state index >= 15 is 0 Å². The number of fused-ring (bicyclic) bond motifs is 1. The molecule has 8 heteroatoms. The summed E-state index contributed by atoms with van der Waals surface area (Å²) in [6.07, 6.45) is 1.64. The van der Waals surface area contributed by atoms with Crippen LogP contribution < -0.4 is 4.74 Å². The maximum Gasteiger partial charge on any atom is 0.416 e. The first-order valence-corrected chi connectivity index (χ1v) is 11.3. The number of carbonyl (C=O) groups excluding carboxylic acids is 3. The van der Waals surface area contributed by atoms with Crippen LogP contribution in [-0.2, 0) is 27.3 Å². The van der Waals surface area contributed by atoms with Crippen molar-refractivity contribution in [2.75, 3.05) is 13.7 Å². The van der Waals surface area contributed by atoms with Gasteiger partial charge in [0.2, 0.25) is 5.91 Å². The molecule has 0 bridgehead atoms. The molecule has 1 fully saturated rings. The van der Waals surface area contributed by atoms with E-state index in [0.717, 1.165) is 11.1 Å². The number of carbonyl (C=O) groups is 3. The van der Waals surface area contributed by atoms with Crippen LogP contribution in [0.5, 0.6) is 11.5 Å². The molecule has 0 unspecified atom stereocenters. The minimum absolute atomic E-state index is 0.102. The van der Waals surface area contributed by atoms with Gasteiger partial charge in [0.15, 0.2) is 0 Å². The smallest absolute Gasteiger partial charge is 0.416 e. The largest absolute Gasteiger partial charge is 0.507 e. The van der Waals surface area contributed by atoms with Crippen LogP contribution in [0.25, 0.3) is 0 Å². The van der Waals surface area contributed by atoms with E-state index in [1.54, 1.807) is 6.92 Å². The Kier molecular flexibility index (Phi) is 7.05. The number of esters is 1. The lowest BCUT2D eigenvalue weighted by Gasteiger charge is -2.28. The summed E-state index contributed by atoms with van der Waals surface area (Å²) in [7, 11) is 1.52. The molecule has 0 saturated carbocycles. The summed E-state index contributed by atoms with van der Waals surface area (Å²) >= 11 is 0. The van der Waals surface area contributed by atoms with Crippen molar-refractivity contribution in [3.63, 3.8) is 0 Å². The maximum atomic E-state index is 13.1. The van der Waals surface area contributed by atoms with Gasteiger partial charge in [-0.05, 0) is 37.7 Å². The Morgan fingerprint density at radius 2 is 1.88 bits per heavy atom. The number of hydrogen-bond donors (Lipinski definition) is 1. The number of benzene rings is 1. The Balaban J connectivity index is 1.83. The number of nitrogens with zero attached hydrogens (tertiary/aromatic N) is 1. The van der Waals surface area contributed by atoms with Gasteiger partial charge in [0, 0.05) is 17.0 Å². The summed E-state index contributed by atoms with van der Waals surface area (Å²) in [5, 5.41) is 10.8. The van der Waals surface area contributed by atoms with Crippen LogP contribution in [0.1, 0.15) is 61.7 Å².